The Morgan fingerprint density at radius 3 is 2.24 bits per heavy atom. The van der Waals surface area contributed by atoms with Gasteiger partial charge in [0.15, 0.2) is 0 Å². The first-order valence-electron chi connectivity index (χ1n) is 6.68. The number of nitriles is 1. The van der Waals surface area contributed by atoms with Crippen LogP contribution in [0.3, 0.4) is 0 Å². The van der Waals surface area contributed by atoms with E-state index < -0.39 is 0 Å². The summed E-state index contributed by atoms with van der Waals surface area (Å²) >= 11 is 1.72. The second-order valence-corrected chi connectivity index (χ2v) is 6.03. The van der Waals surface area contributed by atoms with Gasteiger partial charge in [-0.25, -0.2) is 0 Å². The van der Waals surface area contributed by atoms with E-state index in [0.29, 0.717) is 5.56 Å². The lowest BCUT2D eigenvalue weighted by molar-refractivity contribution is 1.13. The second-order valence-electron chi connectivity index (χ2n) is 4.96. The molecule has 0 radical (unpaired) electrons. The zero-order valence-corrected chi connectivity index (χ0v) is 13.2. The van der Waals surface area contributed by atoms with E-state index in [1.54, 1.807) is 11.8 Å². The van der Waals surface area contributed by atoms with Crippen LogP contribution in [0.1, 0.15) is 16.7 Å². The Morgan fingerprint density at radius 1 is 1.10 bits per heavy atom. The monoisotopic (exact) mass is 294 g/mol. The van der Waals surface area contributed by atoms with E-state index in [4.69, 9.17) is 5.26 Å². The molecule has 0 atom stereocenters. The van der Waals surface area contributed by atoms with Crippen molar-refractivity contribution in [2.75, 3.05) is 19.0 Å². The molecular formula is C18H18N2S. The maximum absolute atomic E-state index is 8.80. The third-order valence-corrected chi connectivity index (χ3v) is 4.26. The molecule has 2 rings (SSSR count). The summed E-state index contributed by atoms with van der Waals surface area (Å²) in [5, 5.41) is 8.80. The smallest absolute Gasteiger partial charge is 0.0991 e. The zero-order valence-electron chi connectivity index (χ0n) is 12.3. The Hall–Kier alpha value is -2.18. The summed E-state index contributed by atoms with van der Waals surface area (Å²) in [6, 6.07) is 18.2. The first-order chi connectivity index (χ1) is 10.1. The normalized spacial score (nSPS) is 9.95. The first kappa shape index (κ1) is 15.2. The van der Waals surface area contributed by atoms with Crippen molar-refractivity contribution in [3.05, 3.63) is 71.8 Å². The van der Waals surface area contributed by atoms with E-state index in [0.717, 1.165) is 16.2 Å². The van der Waals surface area contributed by atoms with Crippen LogP contribution >= 0.6 is 11.8 Å². The molecule has 3 heteroatoms. The van der Waals surface area contributed by atoms with Gasteiger partial charge < -0.3 is 4.90 Å². The molecule has 0 fully saturated rings. The summed E-state index contributed by atoms with van der Waals surface area (Å²) in [6.07, 6.45) is 0. The fraction of sp³-hybridized carbons (Fsp3) is 0.167. The Labute approximate surface area is 130 Å². The quantitative estimate of drug-likeness (QED) is 0.810. The predicted octanol–water partition coefficient (Wildman–Crippen LogP) is 4.53. The molecule has 0 saturated heterocycles. The lowest BCUT2D eigenvalue weighted by Gasteiger charge is -2.12. The van der Waals surface area contributed by atoms with Crippen molar-refractivity contribution in [1.29, 1.82) is 5.26 Å². The van der Waals surface area contributed by atoms with Gasteiger partial charge in [-0.05, 0) is 35.4 Å². The minimum Gasteiger partial charge on any atom is -0.378 e. The van der Waals surface area contributed by atoms with Crippen molar-refractivity contribution in [3.8, 4) is 6.07 Å². The van der Waals surface area contributed by atoms with Crippen LogP contribution in [0.5, 0.6) is 0 Å². The molecule has 0 spiro atoms. The molecule has 0 aliphatic carbocycles. The maximum Gasteiger partial charge on any atom is 0.0991 e. The summed E-state index contributed by atoms with van der Waals surface area (Å²) in [5.41, 5.74) is 4.23. The van der Waals surface area contributed by atoms with Gasteiger partial charge in [0.25, 0.3) is 0 Å². The van der Waals surface area contributed by atoms with Crippen LogP contribution in [0, 0.1) is 11.3 Å². The van der Waals surface area contributed by atoms with Gasteiger partial charge in [-0.1, -0.05) is 30.8 Å². The van der Waals surface area contributed by atoms with E-state index in [1.165, 1.54) is 11.3 Å². The molecule has 2 aromatic carbocycles. The van der Waals surface area contributed by atoms with Gasteiger partial charge in [0.05, 0.1) is 11.6 Å². The molecule has 0 aliphatic rings. The Bertz CT molecular complexity index is 649. The molecule has 2 nitrogen and oxygen atoms in total. The van der Waals surface area contributed by atoms with Crippen molar-refractivity contribution in [2.45, 2.75) is 5.75 Å². The molecule has 0 aliphatic heterocycles. The van der Waals surface area contributed by atoms with E-state index in [9.17, 15) is 0 Å². The van der Waals surface area contributed by atoms with Crippen LogP contribution in [0.25, 0.3) is 4.91 Å². The summed E-state index contributed by atoms with van der Waals surface area (Å²) in [7, 11) is 4.08. The largest absolute Gasteiger partial charge is 0.378 e. The van der Waals surface area contributed by atoms with Gasteiger partial charge >= 0.3 is 0 Å². The molecule has 106 valence electrons. The molecule has 21 heavy (non-hydrogen) atoms. The van der Waals surface area contributed by atoms with E-state index in [1.807, 2.05) is 38.4 Å². The average Bonchev–Trinajstić information content (AvgIpc) is 2.53. The molecule has 0 bridgehead atoms. The van der Waals surface area contributed by atoms with Crippen LogP contribution in [0.4, 0.5) is 5.69 Å². The zero-order chi connectivity index (χ0) is 15.2. The number of anilines is 1. The van der Waals surface area contributed by atoms with E-state index >= 15 is 0 Å². The fourth-order valence-electron chi connectivity index (χ4n) is 1.87. The van der Waals surface area contributed by atoms with Crippen molar-refractivity contribution >= 4 is 22.4 Å². The number of hydrogen-bond acceptors (Lipinski definition) is 3. The lowest BCUT2D eigenvalue weighted by atomic mass is 10.1. The van der Waals surface area contributed by atoms with Gasteiger partial charge in [0.2, 0.25) is 0 Å². The van der Waals surface area contributed by atoms with Crippen LogP contribution in [0.15, 0.2) is 55.1 Å². The summed E-state index contributed by atoms with van der Waals surface area (Å²) in [6.45, 7) is 4.11. The van der Waals surface area contributed by atoms with Gasteiger partial charge in [-0.15, -0.1) is 11.8 Å². The number of nitrogens with zero attached hydrogens (tertiary/aromatic N) is 2. The highest BCUT2D eigenvalue weighted by atomic mass is 32.2. The van der Waals surface area contributed by atoms with Gasteiger partial charge in [-0.3, -0.25) is 0 Å². The summed E-state index contributed by atoms with van der Waals surface area (Å²) in [4.78, 5) is 3.11. The first-order valence-corrected chi connectivity index (χ1v) is 7.67. The van der Waals surface area contributed by atoms with Gasteiger partial charge in [0, 0.05) is 30.4 Å². The summed E-state index contributed by atoms with van der Waals surface area (Å²) < 4.78 is 0. The SMILES string of the molecule is C=C(SCc1ccc(N(C)C)cc1)c1ccc(C#N)cc1. The molecule has 0 amide bonds. The number of hydrogen-bond donors (Lipinski definition) is 0. The van der Waals surface area contributed by atoms with Crippen molar-refractivity contribution in [1.82, 2.24) is 0 Å². The molecule has 0 N–H and O–H groups in total. The highest BCUT2D eigenvalue weighted by molar-refractivity contribution is 8.07. The molecule has 0 aromatic heterocycles. The Kier molecular flexibility index (Phi) is 5.08. The summed E-state index contributed by atoms with van der Waals surface area (Å²) in [5.74, 6) is 0.895. The molecular weight excluding hydrogens is 276 g/mol. The third-order valence-electron chi connectivity index (χ3n) is 3.20. The van der Waals surface area contributed by atoms with Crippen molar-refractivity contribution < 1.29 is 0 Å². The maximum atomic E-state index is 8.80. The van der Waals surface area contributed by atoms with Crippen LogP contribution in [-0.4, -0.2) is 14.1 Å². The van der Waals surface area contributed by atoms with Crippen molar-refractivity contribution in [2.24, 2.45) is 0 Å². The van der Waals surface area contributed by atoms with Crippen LogP contribution in [0.2, 0.25) is 0 Å². The third kappa shape index (κ3) is 4.14. The van der Waals surface area contributed by atoms with E-state index in [-0.39, 0.29) is 0 Å². The Balaban J connectivity index is 1.95. The highest BCUT2D eigenvalue weighted by Crippen LogP contribution is 2.29. The fourth-order valence-corrected chi connectivity index (χ4v) is 2.71. The second kappa shape index (κ2) is 7.01. The minimum absolute atomic E-state index is 0.677. The van der Waals surface area contributed by atoms with Crippen LogP contribution < -0.4 is 4.90 Å². The highest BCUT2D eigenvalue weighted by Gasteiger charge is 2.02. The standard InChI is InChI=1S/C18H18N2S/c1-14(17-8-4-15(12-19)5-9-17)21-13-16-6-10-18(11-7-16)20(2)3/h4-11H,1,13H2,2-3H3. The molecule has 0 unspecified atom stereocenters. The Morgan fingerprint density at radius 2 is 1.71 bits per heavy atom. The van der Waals surface area contributed by atoms with Gasteiger partial charge in [0.1, 0.15) is 0 Å². The van der Waals surface area contributed by atoms with Crippen molar-refractivity contribution in [3.63, 3.8) is 0 Å². The number of benzene rings is 2. The molecule has 2 aromatic rings. The van der Waals surface area contributed by atoms with Gasteiger partial charge in [-0.2, -0.15) is 5.26 Å². The number of thioether (sulfide) groups is 1. The topological polar surface area (TPSA) is 27.0 Å². The minimum atomic E-state index is 0.677. The van der Waals surface area contributed by atoms with Crippen LogP contribution in [-0.2, 0) is 5.75 Å². The van der Waals surface area contributed by atoms with E-state index in [2.05, 4.69) is 41.8 Å². The average molecular weight is 294 g/mol. The molecule has 0 saturated carbocycles. The molecule has 0 heterocycles. The predicted molar refractivity (Wildman–Crippen MR) is 92.3 cm³/mol. The number of rotatable bonds is 5. The lowest BCUT2D eigenvalue weighted by Crippen LogP contribution is -2.08.